The van der Waals surface area contributed by atoms with Crippen LogP contribution in [-0.4, -0.2) is 11.2 Å². The zero-order valence-corrected chi connectivity index (χ0v) is 10.9. The van der Waals surface area contributed by atoms with E-state index in [1.807, 2.05) is 0 Å². The lowest BCUT2D eigenvalue weighted by atomic mass is 9.92. The number of benzene rings is 1. The molecule has 1 aliphatic heterocycles. The molecule has 2 aliphatic carbocycles. The van der Waals surface area contributed by atoms with Gasteiger partial charge in [-0.05, 0) is 54.9 Å². The molecule has 0 unspecified atom stereocenters. The first-order chi connectivity index (χ1) is 9.43. The van der Waals surface area contributed by atoms with Crippen LogP contribution in [0.25, 0.3) is 23.2 Å². The van der Waals surface area contributed by atoms with E-state index in [2.05, 4.69) is 28.5 Å². The van der Waals surface area contributed by atoms with Gasteiger partial charge < -0.3 is 4.98 Å². The lowest BCUT2D eigenvalue weighted by molar-refractivity contribution is 0.680. The molecule has 0 fully saturated rings. The van der Waals surface area contributed by atoms with Crippen LogP contribution in [0.2, 0.25) is 0 Å². The number of fused-ring (bicyclic) bond motifs is 8. The Kier molecular flexibility index (Phi) is 1.78. The number of aliphatic imine (C=N–C) groups is 1. The van der Waals surface area contributed by atoms with Crippen molar-refractivity contribution in [3.63, 3.8) is 0 Å². The Labute approximate surface area is 111 Å². The smallest absolute Gasteiger partial charge is 0.0504 e. The third kappa shape index (κ3) is 1.15. The second-order valence-electron chi connectivity index (χ2n) is 5.91. The molecule has 2 heterocycles. The molecule has 0 amide bonds. The van der Waals surface area contributed by atoms with E-state index in [0.29, 0.717) is 0 Å². The second-order valence-corrected chi connectivity index (χ2v) is 5.91. The van der Waals surface area contributed by atoms with Crippen LogP contribution in [0, 0.1) is 0 Å². The van der Waals surface area contributed by atoms with Gasteiger partial charge in [-0.3, -0.25) is 4.99 Å². The molecule has 2 nitrogen and oxygen atoms in total. The van der Waals surface area contributed by atoms with E-state index in [1.165, 1.54) is 76.7 Å². The Balaban J connectivity index is 2.06. The first kappa shape index (κ1) is 10.0. The molecule has 0 spiro atoms. The highest BCUT2D eigenvalue weighted by atomic mass is 14.7. The molecule has 1 aromatic carbocycles. The SMILES string of the molecule is C1=NC=c2c1c1c3c([nH]c1c1c2=CCC1)CCCC3. The molecule has 0 atom stereocenters. The molecule has 0 radical (unpaired) electrons. The Morgan fingerprint density at radius 1 is 1.00 bits per heavy atom. The van der Waals surface area contributed by atoms with Crippen molar-refractivity contribution < 1.29 is 0 Å². The molecular formula is C17H16N2. The number of hydrogen-bond acceptors (Lipinski definition) is 1. The van der Waals surface area contributed by atoms with Crippen LogP contribution in [0.4, 0.5) is 0 Å². The van der Waals surface area contributed by atoms with E-state index in [9.17, 15) is 0 Å². The number of rotatable bonds is 0. The average molecular weight is 248 g/mol. The van der Waals surface area contributed by atoms with Crippen LogP contribution in [0.15, 0.2) is 4.99 Å². The van der Waals surface area contributed by atoms with Gasteiger partial charge in [0.25, 0.3) is 0 Å². The lowest BCUT2D eigenvalue weighted by Gasteiger charge is -2.11. The van der Waals surface area contributed by atoms with Gasteiger partial charge in [0.15, 0.2) is 0 Å². The minimum absolute atomic E-state index is 1.18. The third-order valence-corrected chi connectivity index (χ3v) is 4.92. The number of hydrogen-bond donors (Lipinski definition) is 1. The van der Waals surface area contributed by atoms with Crippen LogP contribution in [-0.2, 0) is 19.3 Å². The predicted molar refractivity (Wildman–Crippen MR) is 79.0 cm³/mol. The van der Waals surface area contributed by atoms with Crippen LogP contribution < -0.4 is 10.4 Å². The summed E-state index contributed by atoms with van der Waals surface area (Å²) in [5, 5.41) is 4.29. The van der Waals surface area contributed by atoms with Crippen molar-refractivity contribution in [2.75, 3.05) is 0 Å². The maximum atomic E-state index is 4.42. The van der Waals surface area contributed by atoms with E-state index in [1.54, 1.807) is 5.56 Å². The summed E-state index contributed by atoms with van der Waals surface area (Å²) in [5.74, 6) is 0. The van der Waals surface area contributed by atoms with E-state index < -0.39 is 0 Å². The zero-order valence-electron chi connectivity index (χ0n) is 10.9. The molecule has 0 saturated heterocycles. The van der Waals surface area contributed by atoms with Gasteiger partial charge in [-0.15, -0.1) is 0 Å². The monoisotopic (exact) mass is 248 g/mol. The highest BCUT2D eigenvalue weighted by Crippen LogP contribution is 2.32. The van der Waals surface area contributed by atoms with Gasteiger partial charge in [-0.25, -0.2) is 0 Å². The second kappa shape index (κ2) is 3.38. The van der Waals surface area contributed by atoms with E-state index in [4.69, 9.17) is 0 Å². The fourth-order valence-electron chi connectivity index (χ4n) is 4.10. The average Bonchev–Trinajstić information content (AvgIpc) is 3.14. The fourth-order valence-corrected chi connectivity index (χ4v) is 4.10. The van der Waals surface area contributed by atoms with Crippen molar-refractivity contribution in [1.29, 1.82) is 0 Å². The summed E-state index contributed by atoms with van der Waals surface area (Å²) in [7, 11) is 0. The molecule has 94 valence electrons. The van der Waals surface area contributed by atoms with Crippen molar-refractivity contribution >= 4 is 29.4 Å². The molecule has 2 heteroatoms. The first-order valence-electron chi connectivity index (χ1n) is 7.35. The van der Waals surface area contributed by atoms with Gasteiger partial charge >= 0.3 is 0 Å². The van der Waals surface area contributed by atoms with Gasteiger partial charge in [0, 0.05) is 34.3 Å². The highest BCUT2D eigenvalue weighted by Gasteiger charge is 2.23. The lowest BCUT2D eigenvalue weighted by Crippen LogP contribution is -2.28. The molecule has 19 heavy (non-hydrogen) atoms. The van der Waals surface area contributed by atoms with Crippen molar-refractivity contribution in [3.8, 4) is 0 Å². The molecule has 0 saturated carbocycles. The van der Waals surface area contributed by atoms with Gasteiger partial charge in [-0.1, -0.05) is 6.08 Å². The van der Waals surface area contributed by atoms with Crippen LogP contribution >= 0.6 is 0 Å². The predicted octanol–water partition coefficient (Wildman–Crippen LogP) is 1.94. The highest BCUT2D eigenvalue weighted by molar-refractivity contribution is 6.05. The summed E-state index contributed by atoms with van der Waals surface area (Å²) < 4.78 is 0. The molecule has 1 N–H and O–H groups in total. The van der Waals surface area contributed by atoms with Gasteiger partial charge in [0.05, 0.1) is 5.52 Å². The number of aryl methyl sites for hydroxylation is 3. The maximum Gasteiger partial charge on any atom is 0.0504 e. The van der Waals surface area contributed by atoms with Gasteiger partial charge in [0.1, 0.15) is 0 Å². The Hall–Kier alpha value is -1.83. The summed E-state index contributed by atoms with van der Waals surface area (Å²) in [6.45, 7) is 0. The molecule has 1 aromatic heterocycles. The largest absolute Gasteiger partial charge is 0.358 e. The summed E-state index contributed by atoms with van der Waals surface area (Å²) in [4.78, 5) is 8.17. The van der Waals surface area contributed by atoms with Crippen molar-refractivity contribution in [2.45, 2.75) is 38.5 Å². The van der Waals surface area contributed by atoms with Crippen molar-refractivity contribution in [1.82, 2.24) is 4.98 Å². The number of nitrogens with zero attached hydrogens (tertiary/aromatic N) is 1. The van der Waals surface area contributed by atoms with E-state index in [0.717, 1.165) is 0 Å². The standard InChI is InChI=1S/C17H16N2/c1-2-7-15-12(4-1)16-14-9-18-8-13(14)10-5-3-6-11(10)17(16)19-15/h5,8-9,19H,1-4,6-7H2. The Bertz CT molecular complexity index is 865. The summed E-state index contributed by atoms with van der Waals surface area (Å²) >= 11 is 0. The maximum absolute atomic E-state index is 4.42. The number of aromatic amines is 1. The summed E-state index contributed by atoms with van der Waals surface area (Å²) in [5.41, 5.74) is 7.38. The van der Waals surface area contributed by atoms with Gasteiger partial charge in [0.2, 0.25) is 0 Å². The normalized spacial score (nSPS) is 18.9. The number of aromatic nitrogens is 1. The molecule has 0 bridgehead atoms. The van der Waals surface area contributed by atoms with Crippen LogP contribution in [0.5, 0.6) is 0 Å². The quantitative estimate of drug-likeness (QED) is 0.738. The van der Waals surface area contributed by atoms with Crippen LogP contribution in [0.3, 0.4) is 0 Å². The summed E-state index contributed by atoms with van der Waals surface area (Å²) in [6, 6.07) is 0. The number of nitrogens with one attached hydrogen (secondary N) is 1. The first-order valence-corrected chi connectivity index (χ1v) is 7.35. The third-order valence-electron chi connectivity index (χ3n) is 4.92. The molecule has 2 aromatic rings. The summed E-state index contributed by atoms with van der Waals surface area (Å²) in [6.07, 6.45) is 14.0. The van der Waals surface area contributed by atoms with Crippen molar-refractivity contribution in [2.24, 2.45) is 4.99 Å². The minimum Gasteiger partial charge on any atom is -0.358 e. The Morgan fingerprint density at radius 3 is 2.95 bits per heavy atom. The zero-order chi connectivity index (χ0) is 12.4. The van der Waals surface area contributed by atoms with Gasteiger partial charge in [-0.2, -0.15) is 0 Å². The Morgan fingerprint density at radius 2 is 1.95 bits per heavy atom. The fraction of sp³-hybridized carbons (Fsp3) is 0.353. The molecule has 3 aliphatic rings. The number of H-pyrrole nitrogens is 1. The van der Waals surface area contributed by atoms with Crippen LogP contribution in [0.1, 0.15) is 41.6 Å². The van der Waals surface area contributed by atoms with E-state index in [-0.39, 0.29) is 0 Å². The molecule has 5 rings (SSSR count). The van der Waals surface area contributed by atoms with Crippen molar-refractivity contribution in [3.05, 3.63) is 32.8 Å². The van der Waals surface area contributed by atoms with E-state index >= 15 is 0 Å². The molecular weight excluding hydrogens is 232 g/mol. The minimum atomic E-state index is 1.18. The topological polar surface area (TPSA) is 28.1 Å².